The van der Waals surface area contributed by atoms with Gasteiger partial charge in [-0.05, 0) is 24.6 Å². The summed E-state index contributed by atoms with van der Waals surface area (Å²) in [4.78, 5) is 3.92. The fraction of sp³-hybridized carbons (Fsp3) is 0.545. The third kappa shape index (κ3) is 5.14. The van der Waals surface area contributed by atoms with Crippen molar-refractivity contribution in [2.75, 3.05) is 19.8 Å². The molecule has 1 unspecified atom stereocenters. The van der Waals surface area contributed by atoms with Crippen LogP contribution in [0.1, 0.15) is 18.5 Å². The molecule has 1 atom stereocenters. The third-order valence-corrected chi connectivity index (χ3v) is 2.15. The van der Waals surface area contributed by atoms with Gasteiger partial charge in [0.15, 0.2) is 0 Å². The van der Waals surface area contributed by atoms with Crippen LogP contribution in [0, 0.1) is 0 Å². The Morgan fingerprint density at radius 3 is 2.69 bits per heavy atom. The van der Waals surface area contributed by atoms with Crippen molar-refractivity contribution in [3.63, 3.8) is 0 Å². The zero-order chi connectivity index (χ0) is 11.8. The Kier molecular flexibility index (Phi) is 5.88. The third-order valence-electron chi connectivity index (χ3n) is 2.15. The molecule has 0 radical (unpaired) electrons. The van der Waals surface area contributed by atoms with Gasteiger partial charge in [-0.2, -0.15) is 0 Å². The second-order valence-corrected chi connectivity index (χ2v) is 3.42. The van der Waals surface area contributed by atoms with Crippen molar-refractivity contribution >= 4 is 0 Å². The van der Waals surface area contributed by atoms with E-state index in [2.05, 4.69) is 10.3 Å². The summed E-state index contributed by atoms with van der Waals surface area (Å²) in [5.74, 6) is 0. The van der Waals surface area contributed by atoms with E-state index in [4.69, 9.17) is 4.74 Å². The second-order valence-electron chi connectivity index (χ2n) is 3.42. The summed E-state index contributed by atoms with van der Waals surface area (Å²) in [7, 11) is 0. The molecule has 0 aliphatic carbocycles. The first-order valence-corrected chi connectivity index (χ1v) is 5.19. The predicted octanol–water partition coefficient (Wildman–Crippen LogP) is 2.01. The monoisotopic (exact) mass is 230 g/mol. The number of ether oxygens (including phenoxy) is 1. The number of aromatic nitrogens is 1. The molecular formula is C11H16F2N2O. The number of nitrogens with zero attached hydrogens (tertiary/aromatic N) is 1. The van der Waals surface area contributed by atoms with Crippen molar-refractivity contribution in [2.45, 2.75) is 19.4 Å². The second kappa shape index (κ2) is 7.24. The van der Waals surface area contributed by atoms with Crippen molar-refractivity contribution < 1.29 is 13.5 Å². The van der Waals surface area contributed by atoms with Crippen molar-refractivity contribution in [1.29, 1.82) is 0 Å². The van der Waals surface area contributed by atoms with Gasteiger partial charge >= 0.3 is 0 Å². The van der Waals surface area contributed by atoms with Crippen molar-refractivity contribution in [3.8, 4) is 0 Å². The van der Waals surface area contributed by atoms with E-state index in [0.29, 0.717) is 13.2 Å². The van der Waals surface area contributed by atoms with Crippen LogP contribution in [0.15, 0.2) is 24.5 Å². The lowest BCUT2D eigenvalue weighted by Crippen LogP contribution is -2.24. The molecule has 16 heavy (non-hydrogen) atoms. The minimum Gasteiger partial charge on any atom is -0.374 e. The summed E-state index contributed by atoms with van der Waals surface area (Å²) in [6, 6.07) is 3.99. The Hall–Kier alpha value is -1.07. The van der Waals surface area contributed by atoms with Gasteiger partial charge in [0.05, 0.1) is 6.61 Å². The minimum absolute atomic E-state index is 0.165. The van der Waals surface area contributed by atoms with Crippen LogP contribution in [0.2, 0.25) is 0 Å². The Morgan fingerprint density at radius 2 is 2.06 bits per heavy atom. The highest BCUT2D eigenvalue weighted by Crippen LogP contribution is 2.09. The van der Waals surface area contributed by atoms with Crippen LogP contribution in [0.5, 0.6) is 0 Å². The number of rotatable bonds is 7. The van der Waals surface area contributed by atoms with E-state index in [9.17, 15) is 8.78 Å². The maximum Gasteiger partial charge on any atom is 0.261 e. The summed E-state index contributed by atoms with van der Waals surface area (Å²) >= 11 is 0. The number of halogens is 2. The van der Waals surface area contributed by atoms with Crippen molar-refractivity contribution in [3.05, 3.63) is 30.1 Å². The standard InChI is InChI=1S/C11H16F2N2O/c1-9(10-2-4-14-5-3-10)15-6-7-16-8-11(12)13/h2-5,9,11,15H,6-8H2,1H3. The van der Waals surface area contributed by atoms with Gasteiger partial charge in [-0.1, -0.05) is 0 Å². The first kappa shape index (κ1) is 13.0. The Morgan fingerprint density at radius 1 is 1.38 bits per heavy atom. The van der Waals surface area contributed by atoms with Gasteiger partial charge < -0.3 is 10.1 Å². The summed E-state index contributed by atoms with van der Waals surface area (Å²) < 4.78 is 28.2. The fourth-order valence-electron chi connectivity index (χ4n) is 1.29. The van der Waals surface area contributed by atoms with Gasteiger partial charge in [0.25, 0.3) is 6.43 Å². The molecule has 1 rings (SSSR count). The van der Waals surface area contributed by atoms with Crippen LogP contribution in [-0.4, -0.2) is 31.2 Å². The quantitative estimate of drug-likeness (QED) is 0.728. The molecule has 1 N–H and O–H groups in total. The van der Waals surface area contributed by atoms with Crippen LogP contribution in [-0.2, 0) is 4.74 Å². The first-order valence-electron chi connectivity index (χ1n) is 5.19. The van der Waals surface area contributed by atoms with E-state index in [1.807, 2.05) is 19.1 Å². The number of hydrogen-bond acceptors (Lipinski definition) is 3. The van der Waals surface area contributed by atoms with E-state index < -0.39 is 13.0 Å². The van der Waals surface area contributed by atoms with Crippen LogP contribution >= 0.6 is 0 Å². The molecule has 90 valence electrons. The zero-order valence-corrected chi connectivity index (χ0v) is 9.20. The van der Waals surface area contributed by atoms with E-state index in [1.165, 1.54) is 0 Å². The molecule has 1 aromatic heterocycles. The highest BCUT2D eigenvalue weighted by Gasteiger charge is 2.04. The van der Waals surface area contributed by atoms with Crippen LogP contribution < -0.4 is 5.32 Å². The lowest BCUT2D eigenvalue weighted by molar-refractivity contribution is 0.0183. The number of pyridine rings is 1. The lowest BCUT2D eigenvalue weighted by Gasteiger charge is -2.13. The smallest absolute Gasteiger partial charge is 0.261 e. The Balaban J connectivity index is 2.14. The Labute approximate surface area is 93.8 Å². The molecule has 0 aromatic carbocycles. The molecule has 0 saturated heterocycles. The number of alkyl halides is 2. The average molecular weight is 230 g/mol. The first-order chi connectivity index (χ1) is 7.70. The largest absolute Gasteiger partial charge is 0.374 e. The minimum atomic E-state index is -2.39. The molecule has 0 amide bonds. The molecule has 0 saturated carbocycles. The van der Waals surface area contributed by atoms with Gasteiger partial charge in [0.1, 0.15) is 6.61 Å². The van der Waals surface area contributed by atoms with Gasteiger partial charge in [0, 0.05) is 25.0 Å². The number of nitrogens with one attached hydrogen (secondary N) is 1. The molecule has 0 aliphatic rings. The summed E-state index contributed by atoms with van der Waals surface area (Å²) in [5, 5.41) is 3.17. The average Bonchev–Trinajstić information content (AvgIpc) is 2.29. The predicted molar refractivity (Wildman–Crippen MR) is 57.5 cm³/mol. The van der Waals surface area contributed by atoms with Gasteiger partial charge in [-0.25, -0.2) is 8.78 Å². The maximum atomic E-state index is 11.7. The topological polar surface area (TPSA) is 34.1 Å². The van der Waals surface area contributed by atoms with Gasteiger partial charge in [-0.15, -0.1) is 0 Å². The lowest BCUT2D eigenvalue weighted by atomic mass is 10.1. The van der Waals surface area contributed by atoms with E-state index in [1.54, 1.807) is 12.4 Å². The van der Waals surface area contributed by atoms with Gasteiger partial charge in [0.2, 0.25) is 0 Å². The molecule has 5 heteroatoms. The fourth-order valence-corrected chi connectivity index (χ4v) is 1.29. The molecule has 0 fully saturated rings. The molecule has 0 spiro atoms. The highest BCUT2D eigenvalue weighted by molar-refractivity contribution is 5.13. The van der Waals surface area contributed by atoms with Crippen molar-refractivity contribution in [1.82, 2.24) is 10.3 Å². The molecule has 0 aliphatic heterocycles. The van der Waals surface area contributed by atoms with Gasteiger partial charge in [-0.3, -0.25) is 4.98 Å². The highest BCUT2D eigenvalue weighted by atomic mass is 19.3. The summed E-state index contributed by atoms with van der Waals surface area (Å²) in [6.07, 6.45) is 1.05. The molecule has 1 heterocycles. The Bertz CT molecular complexity index is 283. The zero-order valence-electron chi connectivity index (χ0n) is 9.20. The maximum absolute atomic E-state index is 11.7. The summed E-state index contributed by atoms with van der Waals surface area (Å²) in [6.45, 7) is 2.35. The van der Waals surface area contributed by atoms with Crippen LogP contribution in [0.3, 0.4) is 0 Å². The molecular weight excluding hydrogens is 214 g/mol. The SMILES string of the molecule is CC(NCCOCC(F)F)c1ccncc1. The molecule has 1 aromatic rings. The molecule has 0 bridgehead atoms. The van der Waals surface area contributed by atoms with E-state index >= 15 is 0 Å². The van der Waals surface area contributed by atoms with Crippen LogP contribution in [0.4, 0.5) is 8.78 Å². The van der Waals surface area contributed by atoms with E-state index in [-0.39, 0.29) is 6.04 Å². The van der Waals surface area contributed by atoms with Crippen molar-refractivity contribution in [2.24, 2.45) is 0 Å². The van der Waals surface area contributed by atoms with E-state index in [0.717, 1.165) is 5.56 Å². The number of hydrogen-bond donors (Lipinski definition) is 1. The molecule has 3 nitrogen and oxygen atoms in total. The van der Waals surface area contributed by atoms with Crippen LogP contribution in [0.25, 0.3) is 0 Å². The summed E-state index contributed by atoms with van der Waals surface area (Å²) in [5.41, 5.74) is 1.11. The normalized spacial score (nSPS) is 13.0.